The lowest BCUT2D eigenvalue weighted by Crippen LogP contribution is -2.36. The van der Waals surface area contributed by atoms with Crippen molar-refractivity contribution in [3.8, 4) is 0 Å². The summed E-state index contributed by atoms with van der Waals surface area (Å²) >= 11 is 0. The Bertz CT molecular complexity index is 277. The van der Waals surface area contributed by atoms with Gasteiger partial charge in [-0.2, -0.15) is 0 Å². The summed E-state index contributed by atoms with van der Waals surface area (Å²) in [7, 11) is 2.28. The van der Waals surface area contributed by atoms with Crippen LogP contribution in [0.25, 0.3) is 0 Å². The number of carbonyl (C=O) groups excluding carboxylic acids is 2. The standard InChI is InChI=1S/C9H15NO6/c1-4-7(10(13)14)6(9(12)16-3)5-8(11)15-2/h6-7H,4-5H2,1-3H3. The number of rotatable bonds is 6. The number of nitro groups is 1. The molecule has 0 aromatic rings. The van der Waals surface area contributed by atoms with E-state index in [0.717, 1.165) is 14.2 Å². The molecule has 0 aliphatic rings. The molecule has 0 spiro atoms. The van der Waals surface area contributed by atoms with Crippen molar-refractivity contribution in [3.05, 3.63) is 10.1 Å². The van der Waals surface area contributed by atoms with Crippen LogP contribution >= 0.6 is 0 Å². The predicted molar refractivity (Wildman–Crippen MR) is 53.2 cm³/mol. The first kappa shape index (κ1) is 14.3. The van der Waals surface area contributed by atoms with Crippen molar-refractivity contribution >= 4 is 11.9 Å². The van der Waals surface area contributed by atoms with E-state index in [9.17, 15) is 19.7 Å². The Balaban J connectivity index is 4.83. The molecule has 0 bridgehead atoms. The monoisotopic (exact) mass is 233 g/mol. The zero-order chi connectivity index (χ0) is 12.7. The third kappa shape index (κ3) is 3.84. The van der Waals surface area contributed by atoms with Gasteiger partial charge in [0.15, 0.2) is 0 Å². The van der Waals surface area contributed by atoms with Crippen LogP contribution in [-0.4, -0.2) is 37.1 Å². The molecule has 0 radical (unpaired) electrons. The van der Waals surface area contributed by atoms with Crippen LogP contribution in [0.15, 0.2) is 0 Å². The lowest BCUT2D eigenvalue weighted by molar-refractivity contribution is -0.530. The number of carbonyl (C=O) groups is 2. The smallest absolute Gasteiger partial charge is 0.316 e. The van der Waals surface area contributed by atoms with Crippen molar-refractivity contribution in [2.24, 2.45) is 5.92 Å². The fourth-order valence-corrected chi connectivity index (χ4v) is 1.37. The van der Waals surface area contributed by atoms with Crippen molar-refractivity contribution in [2.45, 2.75) is 25.8 Å². The van der Waals surface area contributed by atoms with E-state index in [4.69, 9.17) is 0 Å². The molecule has 0 heterocycles. The minimum atomic E-state index is -1.13. The quantitative estimate of drug-likeness (QED) is 0.374. The van der Waals surface area contributed by atoms with Crippen molar-refractivity contribution in [2.75, 3.05) is 14.2 Å². The highest BCUT2D eigenvalue weighted by atomic mass is 16.6. The molecule has 7 nitrogen and oxygen atoms in total. The number of hydrogen-bond donors (Lipinski definition) is 0. The van der Waals surface area contributed by atoms with E-state index in [1.54, 1.807) is 6.92 Å². The van der Waals surface area contributed by atoms with Gasteiger partial charge in [-0.15, -0.1) is 0 Å². The summed E-state index contributed by atoms with van der Waals surface area (Å²) in [6, 6.07) is -1.13. The van der Waals surface area contributed by atoms with Crippen LogP contribution in [0.5, 0.6) is 0 Å². The van der Waals surface area contributed by atoms with Crippen LogP contribution in [0.1, 0.15) is 19.8 Å². The van der Waals surface area contributed by atoms with Crippen LogP contribution in [-0.2, 0) is 19.1 Å². The van der Waals surface area contributed by atoms with E-state index in [-0.39, 0.29) is 12.8 Å². The van der Waals surface area contributed by atoms with E-state index in [1.165, 1.54) is 0 Å². The van der Waals surface area contributed by atoms with Gasteiger partial charge in [0.2, 0.25) is 6.04 Å². The van der Waals surface area contributed by atoms with Crippen molar-refractivity contribution in [3.63, 3.8) is 0 Å². The highest BCUT2D eigenvalue weighted by Crippen LogP contribution is 2.17. The van der Waals surface area contributed by atoms with Gasteiger partial charge in [0, 0.05) is 11.3 Å². The van der Waals surface area contributed by atoms with Gasteiger partial charge < -0.3 is 9.47 Å². The molecule has 0 N–H and O–H groups in total. The maximum Gasteiger partial charge on any atom is 0.316 e. The molecule has 0 aromatic heterocycles. The molecule has 7 heteroatoms. The van der Waals surface area contributed by atoms with E-state index in [0.29, 0.717) is 0 Å². The van der Waals surface area contributed by atoms with E-state index in [1.807, 2.05) is 0 Å². The lowest BCUT2D eigenvalue weighted by atomic mass is 9.95. The third-order valence-electron chi connectivity index (χ3n) is 2.27. The van der Waals surface area contributed by atoms with Crippen molar-refractivity contribution < 1.29 is 24.0 Å². The summed E-state index contributed by atoms with van der Waals surface area (Å²) in [5.74, 6) is -2.54. The molecule has 0 aliphatic heterocycles. The first-order chi connectivity index (χ1) is 7.47. The van der Waals surface area contributed by atoms with E-state index < -0.39 is 28.8 Å². The molecule has 0 fully saturated rings. The molecule has 0 aliphatic carbocycles. The topological polar surface area (TPSA) is 95.7 Å². The van der Waals surface area contributed by atoms with Gasteiger partial charge in [-0.05, 0) is 0 Å². The summed E-state index contributed by atoms with van der Waals surface area (Å²) < 4.78 is 8.82. The normalized spacial score (nSPS) is 13.7. The molecule has 2 unspecified atom stereocenters. The number of nitrogens with zero attached hydrogens (tertiary/aromatic N) is 1. The Labute approximate surface area is 92.9 Å². The number of hydrogen-bond acceptors (Lipinski definition) is 6. The predicted octanol–water partition coefficient (Wildman–Crippen LogP) is 0.394. The summed E-state index contributed by atoms with van der Waals surface area (Å²) in [6.45, 7) is 1.57. The van der Waals surface area contributed by atoms with Gasteiger partial charge in [-0.3, -0.25) is 19.7 Å². The fourth-order valence-electron chi connectivity index (χ4n) is 1.37. The lowest BCUT2D eigenvalue weighted by Gasteiger charge is -2.16. The SMILES string of the molecule is CCC(C(CC(=O)OC)C(=O)OC)[N+](=O)[O-]. The van der Waals surface area contributed by atoms with Crippen LogP contribution in [0.4, 0.5) is 0 Å². The van der Waals surface area contributed by atoms with Gasteiger partial charge in [-0.25, -0.2) is 0 Å². The molecule has 2 atom stereocenters. The Kier molecular flexibility index (Phi) is 6.06. The average Bonchev–Trinajstić information content (AvgIpc) is 2.26. The molecule has 0 aromatic carbocycles. The van der Waals surface area contributed by atoms with Crippen LogP contribution < -0.4 is 0 Å². The van der Waals surface area contributed by atoms with Gasteiger partial charge in [-0.1, -0.05) is 6.92 Å². The van der Waals surface area contributed by atoms with Crippen molar-refractivity contribution in [1.82, 2.24) is 0 Å². The second kappa shape index (κ2) is 6.76. The fraction of sp³-hybridized carbons (Fsp3) is 0.778. The van der Waals surface area contributed by atoms with E-state index >= 15 is 0 Å². The van der Waals surface area contributed by atoms with Gasteiger partial charge in [0.1, 0.15) is 5.92 Å². The molecular weight excluding hydrogens is 218 g/mol. The van der Waals surface area contributed by atoms with Crippen LogP contribution in [0.3, 0.4) is 0 Å². The summed E-state index contributed by atoms with van der Waals surface area (Å²) in [6.07, 6.45) is -0.202. The van der Waals surface area contributed by atoms with Gasteiger partial charge in [0.25, 0.3) is 0 Å². The summed E-state index contributed by atoms with van der Waals surface area (Å²) in [5, 5.41) is 10.7. The largest absolute Gasteiger partial charge is 0.469 e. The third-order valence-corrected chi connectivity index (χ3v) is 2.27. The first-order valence-corrected chi connectivity index (χ1v) is 4.76. The number of esters is 2. The highest BCUT2D eigenvalue weighted by Gasteiger charge is 2.38. The average molecular weight is 233 g/mol. The van der Waals surface area contributed by atoms with Crippen molar-refractivity contribution in [1.29, 1.82) is 0 Å². The zero-order valence-electron chi connectivity index (χ0n) is 9.47. The maximum atomic E-state index is 11.3. The Morgan fingerprint density at radius 2 is 1.88 bits per heavy atom. The molecule has 0 rings (SSSR count). The zero-order valence-corrected chi connectivity index (χ0v) is 9.47. The molecule has 0 saturated heterocycles. The second-order valence-corrected chi connectivity index (χ2v) is 3.17. The molecule has 0 saturated carbocycles. The van der Waals surface area contributed by atoms with Crippen LogP contribution in [0, 0.1) is 16.0 Å². The Hall–Kier alpha value is -1.66. The number of methoxy groups -OCH3 is 2. The second-order valence-electron chi connectivity index (χ2n) is 3.17. The summed E-state index contributed by atoms with van der Waals surface area (Å²) in [5.41, 5.74) is 0. The van der Waals surface area contributed by atoms with E-state index in [2.05, 4.69) is 9.47 Å². The highest BCUT2D eigenvalue weighted by molar-refractivity contribution is 5.80. The minimum absolute atomic E-state index is 0.143. The Morgan fingerprint density at radius 3 is 2.19 bits per heavy atom. The van der Waals surface area contributed by atoms with Crippen LogP contribution in [0.2, 0.25) is 0 Å². The van der Waals surface area contributed by atoms with Gasteiger partial charge >= 0.3 is 11.9 Å². The number of ether oxygens (including phenoxy) is 2. The summed E-state index contributed by atoms with van der Waals surface area (Å²) in [4.78, 5) is 32.5. The maximum absolute atomic E-state index is 11.3. The molecular formula is C9H15NO6. The minimum Gasteiger partial charge on any atom is -0.469 e. The molecule has 0 amide bonds. The Morgan fingerprint density at radius 1 is 1.31 bits per heavy atom. The first-order valence-electron chi connectivity index (χ1n) is 4.76. The van der Waals surface area contributed by atoms with Gasteiger partial charge in [0.05, 0.1) is 20.6 Å². The molecule has 16 heavy (non-hydrogen) atoms. The molecule has 92 valence electrons.